The predicted molar refractivity (Wildman–Crippen MR) is 61.3 cm³/mol. The van der Waals surface area contributed by atoms with Gasteiger partial charge in [-0.25, -0.2) is 0 Å². The van der Waals surface area contributed by atoms with E-state index in [0.717, 1.165) is 18.6 Å². The standard InChI is InChI=1S/C13H22O2/c1-3-4-5-6-7-8-9-12-10-11(2)15-13(12)14/h10,12H,3-9H2,1-2H3. The Balaban J connectivity index is 2.03. The molecule has 2 nitrogen and oxygen atoms in total. The van der Waals surface area contributed by atoms with Crippen molar-refractivity contribution in [2.45, 2.75) is 58.8 Å². The molecule has 1 heterocycles. The number of carbonyl (C=O) groups is 1. The van der Waals surface area contributed by atoms with Crippen LogP contribution in [0.1, 0.15) is 58.8 Å². The molecule has 86 valence electrons. The maximum absolute atomic E-state index is 11.3. The van der Waals surface area contributed by atoms with Crippen LogP contribution in [0, 0.1) is 5.92 Å². The summed E-state index contributed by atoms with van der Waals surface area (Å²) in [7, 11) is 0. The predicted octanol–water partition coefficient (Wildman–Crippen LogP) is 3.81. The fourth-order valence-corrected chi connectivity index (χ4v) is 1.97. The lowest BCUT2D eigenvalue weighted by Crippen LogP contribution is -2.07. The third-order valence-corrected chi connectivity index (χ3v) is 2.87. The van der Waals surface area contributed by atoms with E-state index in [4.69, 9.17) is 4.74 Å². The Labute approximate surface area is 92.7 Å². The van der Waals surface area contributed by atoms with Gasteiger partial charge in [-0.05, 0) is 19.4 Å². The first-order valence-corrected chi connectivity index (χ1v) is 6.14. The summed E-state index contributed by atoms with van der Waals surface area (Å²) >= 11 is 0. The van der Waals surface area contributed by atoms with E-state index in [1.54, 1.807) is 0 Å². The van der Waals surface area contributed by atoms with Gasteiger partial charge >= 0.3 is 5.97 Å². The molecule has 0 aromatic heterocycles. The normalized spacial score (nSPS) is 20.3. The Bertz CT molecular complexity index is 231. The number of hydrogen-bond acceptors (Lipinski definition) is 2. The zero-order chi connectivity index (χ0) is 11.1. The van der Waals surface area contributed by atoms with E-state index in [1.807, 2.05) is 13.0 Å². The second-order valence-corrected chi connectivity index (χ2v) is 4.36. The minimum absolute atomic E-state index is 0.0381. The van der Waals surface area contributed by atoms with Gasteiger partial charge in [-0.2, -0.15) is 0 Å². The molecule has 2 heteroatoms. The average Bonchev–Trinajstić information content (AvgIpc) is 2.51. The van der Waals surface area contributed by atoms with Gasteiger partial charge in [0.25, 0.3) is 0 Å². The lowest BCUT2D eigenvalue weighted by Gasteiger charge is -2.04. The van der Waals surface area contributed by atoms with Crippen molar-refractivity contribution in [1.29, 1.82) is 0 Å². The average molecular weight is 210 g/mol. The first-order chi connectivity index (χ1) is 7.24. The molecule has 1 rings (SSSR count). The van der Waals surface area contributed by atoms with E-state index in [-0.39, 0.29) is 11.9 Å². The summed E-state index contributed by atoms with van der Waals surface area (Å²) < 4.78 is 4.99. The van der Waals surface area contributed by atoms with Gasteiger partial charge in [0.15, 0.2) is 0 Å². The fraction of sp³-hybridized carbons (Fsp3) is 0.769. The monoisotopic (exact) mass is 210 g/mol. The van der Waals surface area contributed by atoms with Gasteiger partial charge in [-0.3, -0.25) is 4.79 Å². The minimum atomic E-state index is -0.0546. The summed E-state index contributed by atoms with van der Waals surface area (Å²) in [6, 6.07) is 0. The van der Waals surface area contributed by atoms with Crippen LogP contribution in [0.25, 0.3) is 0 Å². The molecule has 0 radical (unpaired) electrons. The van der Waals surface area contributed by atoms with E-state index >= 15 is 0 Å². The number of rotatable bonds is 7. The van der Waals surface area contributed by atoms with Gasteiger partial charge < -0.3 is 4.74 Å². The lowest BCUT2D eigenvalue weighted by molar-refractivity contribution is -0.140. The number of hydrogen-bond donors (Lipinski definition) is 0. The number of esters is 1. The van der Waals surface area contributed by atoms with Crippen LogP contribution >= 0.6 is 0 Å². The zero-order valence-corrected chi connectivity index (χ0v) is 9.92. The quantitative estimate of drug-likeness (QED) is 0.471. The first kappa shape index (κ1) is 12.3. The first-order valence-electron chi connectivity index (χ1n) is 6.14. The van der Waals surface area contributed by atoms with Crippen molar-refractivity contribution in [1.82, 2.24) is 0 Å². The van der Waals surface area contributed by atoms with Gasteiger partial charge in [0, 0.05) is 0 Å². The molecule has 1 aliphatic rings. The highest BCUT2D eigenvalue weighted by atomic mass is 16.5. The van der Waals surface area contributed by atoms with Crippen LogP contribution in [0.3, 0.4) is 0 Å². The van der Waals surface area contributed by atoms with Crippen molar-refractivity contribution in [3.63, 3.8) is 0 Å². The van der Waals surface area contributed by atoms with Crippen LogP contribution in [0.4, 0.5) is 0 Å². The Kier molecular flexibility index (Phi) is 5.44. The van der Waals surface area contributed by atoms with E-state index in [9.17, 15) is 4.79 Å². The van der Waals surface area contributed by atoms with Crippen molar-refractivity contribution in [3.05, 3.63) is 11.8 Å². The van der Waals surface area contributed by atoms with Gasteiger partial charge in [0.05, 0.1) is 5.92 Å². The van der Waals surface area contributed by atoms with Crippen molar-refractivity contribution >= 4 is 5.97 Å². The topological polar surface area (TPSA) is 26.3 Å². The van der Waals surface area contributed by atoms with E-state index in [1.165, 1.54) is 32.1 Å². The molecule has 0 spiro atoms. The molecule has 15 heavy (non-hydrogen) atoms. The molecule has 1 atom stereocenters. The van der Waals surface area contributed by atoms with Crippen molar-refractivity contribution in [2.75, 3.05) is 0 Å². The summed E-state index contributed by atoms with van der Waals surface area (Å²) in [5.41, 5.74) is 0. The second kappa shape index (κ2) is 6.65. The fourth-order valence-electron chi connectivity index (χ4n) is 1.97. The van der Waals surface area contributed by atoms with Crippen molar-refractivity contribution in [2.24, 2.45) is 5.92 Å². The molecular weight excluding hydrogens is 188 g/mol. The Hall–Kier alpha value is -0.790. The highest BCUT2D eigenvalue weighted by molar-refractivity contribution is 5.78. The maximum atomic E-state index is 11.3. The highest BCUT2D eigenvalue weighted by Gasteiger charge is 2.23. The third kappa shape index (κ3) is 4.50. The smallest absolute Gasteiger partial charge is 0.317 e. The zero-order valence-electron chi connectivity index (χ0n) is 9.92. The van der Waals surface area contributed by atoms with Gasteiger partial charge in [-0.15, -0.1) is 0 Å². The Morgan fingerprint density at radius 2 is 1.87 bits per heavy atom. The number of unbranched alkanes of at least 4 members (excludes halogenated alkanes) is 5. The lowest BCUT2D eigenvalue weighted by atomic mass is 10.0. The number of allylic oxidation sites excluding steroid dienone is 1. The molecule has 0 bridgehead atoms. The van der Waals surface area contributed by atoms with Crippen LogP contribution in [0.5, 0.6) is 0 Å². The van der Waals surface area contributed by atoms with Crippen LogP contribution < -0.4 is 0 Å². The van der Waals surface area contributed by atoms with Gasteiger partial charge in [-0.1, -0.05) is 45.4 Å². The molecule has 0 fully saturated rings. The summed E-state index contributed by atoms with van der Waals surface area (Å²) in [5.74, 6) is 0.758. The summed E-state index contributed by atoms with van der Waals surface area (Å²) in [5, 5.41) is 0. The third-order valence-electron chi connectivity index (χ3n) is 2.87. The molecule has 1 unspecified atom stereocenters. The van der Waals surface area contributed by atoms with Crippen LogP contribution in [-0.2, 0) is 9.53 Å². The summed E-state index contributed by atoms with van der Waals surface area (Å²) in [6.07, 6.45) is 10.6. The Morgan fingerprint density at radius 3 is 2.47 bits per heavy atom. The molecular formula is C13H22O2. The SMILES string of the molecule is CCCCCCCCC1C=C(C)OC1=O. The van der Waals surface area contributed by atoms with E-state index in [2.05, 4.69) is 6.92 Å². The van der Waals surface area contributed by atoms with E-state index < -0.39 is 0 Å². The minimum Gasteiger partial charge on any atom is -0.431 e. The molecule has 0 saturated carbocycles. The summed E-state index contributed by atoms with van der Waals surface area (Å²) in [6.45, 7) is 4.07. The highest BCUT2D eigenvalue weighted by Crippen LogP contribution is 2.22. The van der Waals surface area contributed by atoms with Gasteiger partial charge in [0.2, 0.25) is 0 Å². The van der Waals surface area contributed by atoms with Gasteiger partial charge in [0.1, 0.15) is 5.76 Å². The van der Waals surface area contributed by atoms with Crippen LogP contribution in [-0.4, -0.2) is 5.97 Å². The van der Waals surface area contributed by atoms with E-state index in [0.29, 0.717) is 0 Å². The molecule has 0 N–H and O–H groups in total. The van der Waals surface area contributed by atoms with Crippen molar-refractivity contribution < 1.29 is 9.53 Å². The number of carbonyl (C=O) groups excluding carboxylic acids is 1. The van der Waals surface area contributed by atoms with Crippen LogP contribution in [0.2, 0.25) is 0 Å². The molecule has 0 amide bonds. The number of ether oxygens (including phenoxy) is 1. The second-order valence-electron chi connectivity index (χ2n) is 4.36. The molecule has 1 aliphatic heterocycles. The number of cyclic esters (lactones) is 1. The van der Waals surface area contributed by atoms with Crippen molar-refractivity contribution in [3.8, 4) is 0 Å². The molecule has 0 aliphatic carbocycles. The molecule has 0 saturated heterocycles. The summed E-state index contributed by atoms with van der Waals surface area (Å²) in [4.78, 5) is 11.3. The Morgan fingerprint density at radius 1 is 1.20 bits per heavy atom. The molecule has 0 aromatic carbocycles. The van der Waals surface area contributed by atoms with Crippen LogP contribution in [0.15, 0.2) is 11.8 Å². The largest absolute Gasteiger partial charge is 0.431 e. The maximum Gasteiger partial charge on any atom is 0.317 e. The molecule has 0 aromatic rings.